The maximum absolute atomic E-state index is 13.1. The van der Waals surface area contributed by atoms with Crippen molar-refractivity contribution >= 4 is 0 Å². The van der Waals surface area contributed by atoms with Crippen LogP contribution in [-0.4, -0.2) is 12.5 Å². The van der Waals surface area contributed by atoms with Gasteiger partial charge in [0.15, 0.2) is 0 Å². The molecule has 2 N–H and O–H groups in total. The van der Waals surface area contributed by atoms with E-state index >= 15 is 0 Å². The molecule has 82 valence electrons. The summed E-state index contributed by atoms with van der Waals surface area (Å²) in [5, 5.41) is 0. The predicted octanol–water partition coefficient (Wildman–Crippen LogP) is 2.60. The fourth-order valence-corrected chi connectivity index (χ4v) is 2.00. The van der Waals surface area contributed by atoms with Crippen LogP contribution in [0.4, 0.5) is 8.78 Å². The zero-order valence-corrected chi connectivity index (χ0v) is 8.55. The molecule has 1 aromatic carbocycles. The second-order valence-electron chi connectivity index (χ2n) is 4.35. The van der Waals surface area contributed by atoms with Crippen LogP contribution in [0.1, 0.15) is 18.4 Å². The Labute approximate surface area is 88.3 Å². The predicted molar refractivity (Wildman–Crippen MR) is 55.8 cm³/mol. The molecule has 1 fully saturated rings. The van der Waals surface area contributed by atoms with Crippen LogP contribution in [0.5, 0.6) is 0 Å². The van der Waals surface area contributed by atoms with E-state index in [0.29, 0.717) is 12.8 Å². The highest BCUT2D eigenvalue weighted by molar-refractivity contribution is 5.18. The van der Waals surface area contributed by atoms with Crippen molar-refractivity contribution in [1.82, 2.24) is 0 Å². The molecular weight excluding hydrogens is 196 g/mol. The zero-order valence-electron chi connectivity index (χ0n) is 8.55. The molecule has 0 saturated heterocycles. The first-order chi connectivity index (χ1) is 7.10. The van der Waals surface area contributed by atoms with Gasteiger partial charge in [-0.2, -0.15) is 0 Å². The molecule has 0 amide bonds. The summed E-state index contributed by atoms with van der Waals surface area (Å²) in [5.74, 6) is -2.53. The Morgan fingerprint density at radius 2 is 1.80 bits per heavy atom. The lowest BCUT2D eigenvalue weighted by molar-refractivity contribution is 0.0634. The molecular formula is C12H15F2N. The summed E-state index contributed by atoms with van der Waals surface area (Å²) in [6, 6.07) is 9.70. The van der Waals surface area contributed by atoms with Crippen molar-refractivity contribution in [2.24, 2.45) is 11.1 Å². The van der Waals surface area contributed by atoms with E-state index in [1.165, 1.54) is 0 Å². The molecule has 0 aromatic heterocycles. The molecule has 1 aliphatic rings. The monoisotopic (exact) mass is 211 g/mol. The molecule has 0 radical (unpaired) electrons. The van der Waals surface area contributed by atoms with Gasteiger partial charge in [-0.05, 0) is 18.4 Å². The fraction of sp³-hybridized carbons (Fsp3) is 0.500. The summed E-state index contributed by atoms with van der Waals surface area (Å²) in [6.07, 6.45) is 1.14. The molecule has 3 heteroatoms. The van der Waals surface area contributed by atoms with Crippen molar-refractivity contribution in [3.8, 4) is 0 Å². The average Bonchev–Trinajstić information content (AvgIpc) is 2.80. The Hall–Kier alpha value is -0.960. The Bertz CT molecular complexity index is 337. The molecule has 1 saturated carbocycles. The smallest absolute Gasteiger partial charge is 0.255 e. The molecule has 0 spiro atoms. The van der Waals surface area contributed by atoms with Gasteiger partial charge in [0.25, 0.3) is 5.92 Å². The molecule has 1 nitrogen and oxygen atoms in total. The lowest BCUT2D eigenvalue weighted by Gasteiger charge is -2.13. The number of rotatable bonds is 4. The van der Waals surface area contributed by atoms with Crippen LogP contribution in [0.15, 0.2) is 30.3 Å². The summed E-state index contributed by atoms with van der Waals surface area (Å²) in [4.78, 5) is 0. The van der Waals surface area contributed by atoms with Gasteiger partial charge in [-0.25, -0.2) is 8.78 Å². The number of nitrogens with two attached hydrogens (primary N) is 1. The number of aryl methyl sites for hydroxylation is 1. The van der Waals surface area contributed by atoms with Crippen molar-refractivity contribution in [2.45, 2.75) is 25.2 Å². The van der Waals surface area contributed by atoms with E-state index in [1.54, 1.807) is 0 Å². The second-order valence-corrected chi connectivity index (χ2v) is 4.35. The van der Waals surface area contributed by atoms with Gasteiger partial charge in [0.05, 0.1) is 5.41 Å². The first kappa shape index (κ1) is 10.6. The Morgan fingerprint density at radius 3 is 2.27 bits per heavy atom. The van der Waals surface area contributed by atoms with Gasteiger partial charge in [-0.1, -0.05) is 30.3 Å². The van der Waals surface area contributed by atoms with Gasteiger partial charge < -0.3 is 5.73 Å². The minimum absolute atomic E-state index is 0.0384. The van der Waals surface area contributed by atoms with E-state index in [4.69, 9.17) is 5.73 Å². The third-order valence-electron chi connectivity index (χ3n) is 3.34. The van der Waals surface area contributed by atoms with E-state index in [1.807, 2.05) is 30.3 Å². The average molecular weight is 211 g/mol. The molecule has 1 unspecified atom stereocenters. The summed E-state index contributed by atoms with van der Waals surface area (Å²) < 4.78 is 26.1. The van der Waals surface area contributed by atoms with Crippen LogP contribution in [0, 0.1) is 5.41 Å². The molecule has 15 heavy (non-hydrogen) atoms. The Morgan fingerprint density at radius 1 is 1.20 bits per heavy atom. The van der Waals surface area contributed by atoms with Gasteiger partial charge in [0.1, 0.15) is 0 Å². The second kappa shape index (κ2) is 3.56. The molecule has 2 rings (SSSR count). The minimum Gasteiger partial charge on any atom is -0.330 e. The van der Waals surface area contributed by atoms with Crippen molar-refractivity contribution < 1.29 is 8.78 Å². The molecule has 1 aromatic rings. The Kier molecular flexibility index (Phi) is 2.51. The van der Waals surface area contributed by atoms with Crippen molar-refractivity contribution in [2.75, 3.05) is 6.54 Å². The van der Waals surface area contributed by atoms with Crippen LogP contribution in [0.2, 0.25) is 0 Å². The molecule has 0 bridgehead atoms. The van der Waals surface area contributed by atoms with Crippen LogP contribution >= 0.6 is 0 Å². The fourth-order valence-electron chi connectivity index (χ4n) is 2.00. The molecule has 1 aliphatic carbocycles. The lowest BCUT2D eigenvalue weighted by Crippen LogP contribution is -2.23. The van der Waals surface area contributed by atoms with Crippen LogP contribution in [-0.2, 0) is 6.42 Å². The van der Waals surface area contributed by atoms with Crippen LogP contribution in [0.25, 0.3) is 0 Å². The van der Waals surface area contributed by atoms with Crippen LogP contribution < -0.4 is 5.73 Å². The first-order valence-electron chi connectivity index (χ1n) is 5.21. The number of hydrogen-bond donors (Lipinski definition) is 1. The highest BCUT2D eigenvalue weighted by Gasteiger charge is 2.69. The van der Waals surface area contributed by atoms with Gasteiger partial charge in [-0.15, -0.1) is 0 Å². The van der Waals surface area contributed by atoms with Crippen LogP contribution in [0.3, 0.4) is 0 Å². The topological polar surface area (TPSA) is 26.0 Å². The van der Waals surface area contributed by atoms with E-state index < -0.39 is 11.3 Å². The third kappa shape index (κ3) is 1.88. The Balaban J connectivity index is 1.94. The van der Waals surface area contributed by atoms with Crippen molar-refractivity contribution in [1.29, 1.82) is 0 Å². The van der Waals surface area contributed by atoms with E-state index in [9.17, 15) is 8.78 Å². The number of hydrogen-bond acceptors (Lipinski definition) is 1. The number of benzene rings is 1. The van der Waals surface area contributed by atoms with Gasteiger partial charge in [0.2, 0.25) is 0 Å². The summed E-state index contributed by atoms with van der Waals surface area (Å²) >= 11 is 0. The van der Waals surface area contributed by atoms with E-state index in [-0.39, 0.29) is 13.0 Å². The summed E-state index contributed by atoms with van der Waals surface area (Å²) in [5.41, 5.74) is 5.62. The van der Waals surface area contributed by atoms with Crippen molar-refractivity contribution in [3.63, 3.8) is 0 Å². The third-order valence-corrected chi connectivity index (χ3v) is 3.34. The molecule has 1 atom stereocenters. The normalized spacial score (nSPS) is 27.7. The van der Waals surface area contributed by atoms with Gasteiger partial charge in [0, 0.05) is 13.0 Å². The maximum Gasteiger partial charge on any atom is 0.255 e. The zero-order chi connectivity index (χ0) is 10.9. The maximum atomic E-state index is 13.1. The van der Waals surface area contributed by atoms with Crippen molar-refractivity contribution in [3.05, 3.63) is 35.9 Å². The highest BCUT2D eigenvalue weighted by atomic mass is 19.3. The highest BCUT2D eigenvalue weighted by Crippen LogP contribution is 2.62. The first-order valence-corrected chi connectivity index (χ1v) is 5.21. The quantitative estimate of drug-likeness (QED) is 0.814. The standard InChI is InChI=1S/C12H15F2N/c13-12(14)8-11(12,9-15)7-6-10-4-2-1-3-5-10/h1-5H,6-9,15H2. The lowest BCUT2D eigenvalue weighted by atomic mass is 9.96. The summed E-state index contributed by atoms with van der Waals surface area (Å²) in [6.45, 7) is 0.0901. The summed E-state index contributed by atoms with van der Waals surface area (Å²) in [7, 11) is 0. The number of halogens is 2. The minimum atomic E-state index is -2.53. The largest absolute Gasteiger partial charge is 0.330 e. The van der Waals surface area contributed by atoms with Gasteiger partial charge in [-0.3, -0.25) is 0 Å². The van der Waals surface area contributed by atoms with E-state index in [0.717, 1.165) is 5.56 Å². The molecule has 0 heterocycles. The number of alkyl halides is 2. The van der Waals surface area contributed by atoms with E-state index in [2.05, 4.69) is 0 Å². The molecule has 0 aliphatic heterocycles. The SMILES string of the molecule is NCC1(CCc2ccccc2)CC1(F)F. The van der Waals surface area contributed by atoms with Gasteiger partial charge >= 0.3 is 0 Å².